The van der Waals surface area contributed by atoms with Crippen LogP contribution in [0.4, 0.5) is 5.69 Å². The molecule has 0 saturated carbocycles. The van der Waals surface area contributed by atoms with Gasteiger partial charge in [-0.1, -0.05) is 19.9 Å². The molecule has 2 N–H and O–H groups in total. The highest BCUT2D eigenvalue weighted by Gasteiger charge is 2.14. The minimum Gasteiger partial charge on any atom is -0.462 e. The van der Waals surface area contributed by atoms with Gasteiger partial charge in [-0.25, -0.2) is 4.98 Å². The minimum atomic E-state index is -0.295. The van der Waals surface area contributed by atoms with Crippen LogP contribution in [-0.4, -0.2) is 35.3 Å². The number of nitrogens with zero attached hydrogens (tertiary/aromatic N) is 2. The molecule has 0 radical (unpaired) electrons. The van der Waals surface area contributed by atoms with Gasteiger partial charge in [-0.05, 0) is 18.6 Å². The Kier molecular flexibility index (Phi) is 5.77. The van der Waals surface area contributed by atoms with E-state index in [0.717, 1.165) is 29.7 Å². The summed E-state index contributed by atoms with van der Waals surface area (Å²) in [5.41, 5.74) is 8.15. The first-order chi connectivity index (χ1) is 10.7. The van der Waals surface area contributed by atoms with E-state index < -0.39 is 0 Å². The lowest BCUT2D eigenvalue weighted by atomic mass is 10.3. The molecule has 22 heavy (non-hydrogen) atoms. The third-order valence-corrected chi connectivity index (χ3v) is 3.33. The number of rotatable bonds is 8. The second kappa shape index (κ2) is 7.79. The lowest BCUT2D eigenvalue weighted by Crippen LogP contribution is -2.18. The molecule has 1 aromatic carbocycles. The van der Waals surface area contributed by atoms with E-state index in [9.17, 15) is 4.79 Å². The summed E-state index contributed by atoms with van der Waals surface area (Å²) in [6.45, 7) is 5.55. The summed E-state index contributed by atoms with van der Waals surface area (Å²) in [5, 5.41) is 0. The summed E-state index contributed by atoms with van der Waals surface area (Å²) >= 11 is 0. The maximum absolute atomic E-state index is 12.0. The van der Waals surface area contributed by atoms with Crippen molar-refractivity contribution in [1.29, 1.82) is 0 Å². The molecule has 6 nitrogen and oxygen atoms in total. The number of hydrogen-bond acceptors (Lipinski definition) is 5. The number of carbonyl (C=O) groups is 1. The first-order valence-electron chi connectivity index (χ1n) is 7.64. The first kappa shape index (κ1) is 16.3. The van der Waals surface area contributed by atoms with Gasteiger partial charge >= 0.3 is 5.97 Å². The zero-order chi connectivity index (χ0) is 15.9. The van der Waals surface area contributed by atoms with Crippen molar-refractivity contribution in [2.24, 2.45) is 0 Å². The number of carbonyl (C=O) groups excluding carboxylic acids is 1. The van der Waals surface area contributed by atoms with E-state index >= 15 is 0 Å². The number of anilines is 1. The molecule has 0 amide bonds. The van der Waals surface area contributed by atoms with Crippen molar-refractivity contribution in [2.45, 2.75) is 33.2 Å². The number of ether oxygens (including phenoxy) is 2. The highest BCUT2D eigenvalue weighted by Crippen LogP contribution is 2.22. The van der Waals surface area contributed by atoms with Gasteiger partial charge in [0.05, 0.1) is 17.8 Å². The number of para-hydroxylation sites is 1. The Labute approximate surface area is 130 Å². The first-order valence-corrected chi connectivity index (χ1v) is 7.64. The van der Waals surface area contributed by atoms with Crippen molar-refractivity contribution >= 4 is 22.7 Å². The fraction of sp³-hybridized carbons (Fsp3) is 0.500. The van der Waals surface area contributed by atoms with Crippen molar-refractivity contribution < 1.29 is 14.3 Å². The molecule has 0 fully saturated rings. The Hall–Kier alpha value is -2.08. The zero-order valence-corrected chi connectivity index (χ0v) is 13.2. The molecule has 0 saturated heterocycles. The Morgan fingerprint density at radius 1 is 1.27 bits per heavy atom. The predicted molar refractivity (Wildman–Crippen MR) is 85.6 cm³/mol. The minimum absolute atomic E-state index is 0.136. The smallest absolute Gasteiger partial charge is 0.326 e. The number of nitrogen functional groups attached to an aromatic ring is 1. The Balaban J connectivity index is 2.04. The summed E-state index contributed by atoms with van der Waals surface area (Å²) in [6.07, 6.45) is 1.68. The summed E-state index contributed by atoms with van der Waals surface area (Å²) in [6, 6.07) is 5.58. The Morgan fingerprint density at radius 3 is 2.82 bits per heavy atom. The molecule has 2 rings (SSSR count). The summed E-state index contributed by atoms with van der Waals surface area (Å²) < 4.78 is 12.3. The fourth-order valence-electron chi connectivity index (χ4n) is 2.30. The molecule has 0 spiro atoms. The van der Waals surface area contributed by atoms with Gasteiger partial charge in [-0.2, -0.15) is 0 Å². The number of aryl methyl sites for hydroxylation is 1. The van der Waals surface area contributed by atoms with Crippen LogP contribution in [0.15, 0.2) is 18.2 Å². The fourth-order valence-corrected chi connectivity index (χ4v) is 2.30. The predicted octanol–water partition coefficient (Wildman–Crippen LogP) is 2.15. The highest BCUT2D eigenvalue weighted by molar-refractivity contribution is 5.88. The molecule has 0 bridgehead atoms. The maximum atomic E-state index is 12.0. The van der Waals surface area contributed by atoms with E-state index in [0.29, 0.717) is 18.9 Å². The lowest BCUT2D eigenvalue weighted by molar-refractivity contribution is -0.145. The normalized spacial score (nSPS) is 11.0. The summed E-state index contributed by atoms with van der Waals surface area (Å²) in [4.78, 5) is 16.5. The average Bonchev–Trinajstić information content (AvgIpc) is 2.86. The molecule has 2 aromatic rings. The monoisotopic (exact) mass is 305 g/mol. The Bertz CT molecular complexity index is 637. The molecule has 6 heteroatoms. The van der Waals surface area contributed by atoms with Crippen molar-refractivity contribution in [2.75, 3.05) is 25.6 Å². The van der Waals surface area contributed by atoms with Gasteiger partial charge < -0.3 is 19.8 Å². The standard InChI is InChI=1S/C16H23N3O3/c1-3-8-21-9-10-22-15(20)11-19-13-7-5-6-12(17)16(13)18-14(19)4-2/h5-7H,3-4,8-11,17H2,1-2H3. The van der Waals surface area contributed by atoms with Crippen LogP contribution in [0.3, 0.4) is 0 Å². The van der Waals surface area contributed by atoms with Gasteiger partial charge in [0.1, 0.15) is 24.5 Å². The zero-order valence-electron chi connectivity index (χ0n) is 13.2. The van der Waals surface area contributed by atoms with Crippen LogP contribution in [0.5, 0.6) is 0 Å². The van der Waals surface area contributed by atoms with Gasteiger partial charge in [-0.15, -0.1) is 0 Å². The highest BCUT2D eigenvalue weighted by atomic mass is 16.6. The third-order valence-electron chi connectivity index (χ3n) is 3.33. The van der Waals surface area contributed by atoms with Crippen molar-refractivity contribution in [3.05, 3.63) is 24.0 Å². The SMILES string of the molecule is CCCOCCOC(=O)Cn1c(CC)nc2c(N)cccc21. The molecule has 120 valence electrons. The van der Waals surface area contributed by atoms with E-state index in [-0.39, 0.29) is 19.1 Å². The van der Waals surface area contributed by atoms with E-state index in [4.69, 9.17) is 15.2 Å². The van der Waals surface area contributed by atoms with Gasteiger partial charge in [0, 0.05) is 13.0 Å². The van der Waals surface area contributed by atoms with E-state index in [1.54, 1.807) is 0 Å². The number of benzene rings is 1. The van der Waals surface area contributed by atoms with E-state index in [1.165, 1.54) is 0 Å². The van der Waals surface area contributed by atoms with Crippen LogP contribution in [-0.2, 0) is 27.2 Å². The van der Waals surface area contributed by atoms with Crippen LogP contribution in [0.1, 0.15) is 26.1 Å². The topological polar surface area (TPSA) is 79.4 Å². The van der Waals surface area contributed by atoms with Gasteiger partial charge in [0.25, 0.3) is 0 Å². The number of nitrogens with two attached hydrogens (primary N) is 1. The second-order valence-electron chi connectivity index (χ2n) is 5.02. The molecule has 0 atom stereocenters. The lowest BCUT2D eigenvalue weighted by Gasteiger charge is -2.09. The van der Waals surface area contributed by atoms with Gasteiger partial charge in [0.15, 0.2) is 0 Å². The third kappa shape index (κ3) is 3.76. The molecule has 0 aliphatic carbocycles. The summed E-state index contributed by atoms with van der Waals surface area (Å²) in [5.74, 6) is 0.531. The van der Waals surface area contributed by atoms with Crippen LogP contribution in [0.2, 0.25) is 0 Å². The molecule has 0 aliphatic rings. The number of hydrogen-bond donors (Lipinski definition) is 1. The molecular formula is C16H23N3O3. The maximum Gasteiger partial charge on any atom is 0.326 e. The van der Waals surface area contributed by atoms with Gasteiger partial charge in [0.2, 0.25) is 0 Å². The number of esters is 1. The molecule has 0 aliphatic heterocycles. The average molecular weight is 305 g/mol. The molecule has 0 unspecified atom stereocenters. The van der Waals surface area contributed by atoms with Crippen molar-refractivity contribution in [3.8, 4) is 0 Å². The largest absolute Gasteiger partial charge is 0.462 e. The van der Waals surface area contributed by atoms with Crippen LogP contribution in [0.25, 0.3) is 11.0 Å². The van der Waals surface area contributed by atoms with E-state index in [2.05, 4.69) is 4.98 Å². The number of imidazole rings is 1. The van der Waals surface area contributed by atoms with Crippen molar-refractivity contribution in [3.63, 3.8) is 0 Å². The molecular weight excluding hydrogens is 282 g/mol. The van der Waals surface area contributed by atoms with E-state index in [1.807, 2.05) is 36.6 Å². The molecule has 1 heterocycles. The number of fused-ring (bicyclic) bond motifs is 1. The summed E-state index contributed by atoms with van der Waals surface area (Å²) in [7, 11) is 0. The van der Waals surface area contributed by atoms with Crippen LogP contribution >= 0.6 is 0 Å². The second-order valence-corrected chi connectivity index (χ2v) is 5.02. The van der Waals surface area contributed by atoms with Crippen molar-refractivity contribution in [1.82, 2.24) is 9.55 Å². The quantitative estimate of drug-likeness (QED) is 0.459. The number of aromatic nitrogens is 2. The van der Waals surface area contributed by atoms with Crippen LogP contribution in [0, 0.1) is 0 Å². The van der Waals surface area contributed by atoms with Gasteiger partial charge in [-0.3, -0.25) is 4.79 Å². The van der Waals surface area contributed by atoms with Crippen LogP contribution < -0.4 is 5.73 Å². The molecule has 1 aromatic heterocycles. The Morgan fingerprint density at radius 2 is 2.09 bits per heavy atom.